The number of carbonyl (C=O) groups excluding carboxylic acids is 2. The minimum Gasteiger partial charge on any atom is -0.490 e. The van der Waals surface area contributed by atoms with Crippen LogP contribution in [0.1, 0.15) is 77.6 Å². The van der Waals surface area contributed by atoms with Crippen molar-refractivity contribution in [3.05, 3.63) is 78.0 Å². The summed E-state index contributed by atoms with van der Waals surface area (Å²) in [6.07, 6.45) is -2.31. The number of likely N-dealkylation sites (tertiary alicyclic amines) is 1. The molecule has 0 radical (unpaired) electrons. The Balaban J connectivity index is 0.000000908. The summed E-state index contributed by atoms with van der Waals surface area (Å²) in [5.41, 5.74) is 8.38. The van der Waals surface area contributed by atoms with Crippen molar-refractivity contribution in [3.8, 4) is 11.5 Å². The van der Waals surface area contributed by atoms with Crippen LogP contribution < -0.4 is 25.8 Å². The third kappa shape index (κ3) is 10.4. The molecule has 0 bridgehead atoms. The first-order valence-corrected chi connectivity index (χ1v) is 19.4. The zero-order valence-electron chi connectivity index (χ0n) is 31.8. The number of nitrogens with one attached hydrogen (secondary N) is 2. The van der Waals surface area contributed by atoms with E-state index in [1.54, 1.807) is 43.1 Å². The Kier molecular flexibility index (Phi) is 13.8. The van der Waals surface area contributed by atoms with Crippen LogP contribution in [0.4, 0.5) is 30.4 Å². The summed E-state index contributed by atoms with van der Waals surface area (Å²) in [7, 11) is -3.72. The Hall–Kier alpha value is -5.58. The Morgan fingerprint density at radius 1 is 1.00 bits per heavy atom. The van der Waals surface area contributed by atoms with E-state index in [1.807, 2.05) is 57.2 Å². The van der Waals surface area contributed by atoms with Gasteiger partial charge in [-0.3, -0.25) is 9.59 Å². The van der Waals surface area contributed by atoms with Crippen LogP contribution in [-0.4, -0.2) is 71.9 Å². The number of anilines is 3. The molecule has 0 aliphatic carbocycles. The first kappa shape index (κ1) is 43.2. The molecule has 56 heavy (non-hydrogen) atoms. The van der Waals surface area contributed by atoms with Gasteiger partial charge in [-0.1, -0.05) is 6.07 Å². The first-order valence-electron chi connectivity index (χ1n) is 17.8. The van der Waals surface area contributed by atoms with Crippen molar-refractivity contribution in [3.63, 3.8) is 0 Å². The van der Waals surface area contributed by atoms with Crippen molar-refractivity contribution in [1.29, 1.82) is 0 Å². The monoisotopic (exact) mass is 801 g/mol. The Morgan fingerprint density at radius 2 is 1.68 bits per heavy atom. The molecule has 0 unspecified atom stereocenters. The van der Waals surface area contributed by atoms with Gasteiger partial charge < -0.3 is 35.8 Å². The molecule has 1 saturated heterocycles. The molecule has 1 aliphatic rings. The average Bonchev–Trinajstić information content (AvgIpc) is 3.61. The lowest BCUT2D eigenvalue weighted by molar-refractivity contribution is -0.192. The zero-order valence-corrected chi connectivity index (χ0v) is 32.6. The maximum Gasteiger partial charge on any atom is 0.490 e. The fourth-order valence-corrected chi connectivity index (χ4v) is 7.48. The van der Waals surface area contributed by atoms with E-state index >= 15 is 0 Å². The highest BCUT2D eigenvalue weighted by molar-refractivity contribution is 7.92. The van der Waals surface area contributed by atoms with Gasteiger partial charge in [0.15, 0.2) is 21.3 Å². The number of nitrogen functional groups attached to an aromatic ring is 1. The van der Waals surface area contributed by atoms with Crippen LogP contribution in [0.5, 0.6) is 11.5 Å². The van der Waals surface area contributed by atoms with Gasteiger partial charge in [0.2, 0.25) is 11.8 Å². The van der Waals surface area contributed by atoms with Crippen molar-refractivity contribution in [2.45, 2.75) is 88.9 Å². The van der Waals surface area contributed by atoms with E-state index in [0.717, 1.165) is 10.8 Å². The SMILES string of the molecule is CCOc1cc([C@@H](Nc2ccc3c(N)nccc3c2)C(=O)N2CCC[C@H]2c2cc(NC(C)=O)ccc2S(=O)(=O)C(C)C)ccc1OC(C)C.O=C(O)C(F)(F)F. The lowest BCUT2D eigenvalue weighted by Gasteiger charge is -2.32. The maximum absolute atomic E-state index is 14.9. The number of carbonyl (C=O) groups is 3. The highest BCUT2D eigenvalue weighted by Gasteiger charge is 2.39. The summed E-state index contributed by atoms with van der Waals surface area (Å²) in [4.78, 5) is 41.8. The number of nitrogens with zero attached hydrogens (tertiary/aromatic N) is 2. The van der Waals surface area contributed by atoms with E-state index < -0.39 is 39.3 Å². The number of hydrogen-bond donors (Lipinski definition) is 4. The number of benzene rings is 3. The van der Waals surface area contributed by atoms with E-state index in [9.17, 15) is 31.2 Å². The molecule has 2 amide bonds. The number of aromatic nitrogens is 1. The van der Waals surface area contributed by atoms with Crippen LogP contribution in [0.15, 0.2) is 71.8 Å². The van der Waals surface area contributed by atoms with Gasteiger partial charge in [-0.2, -0.15) is 13.2 Å². The third-order valence-corrected chi connectivity index (χ3v) is 10.9. The number of carboxylic acid groups (broad SMARTS) is 1. The van der Waals surface area contributed by atoms with Crippen molar-refractivity contribution in [1.82, 2.24) is 9.88 Å². The number of carboxylic acids is 1. The van der Waals surface area contributed by atoms with E-state index in [2.05, 4.69) is 15.6 Å². The highest BCUT2D eigenvalue weighted by Crippen LogP contribution is 2.41. The zero-order chi connectivity index (χ0) is 41.5. The molecule has 5 rings (SSSR count). The number of halogens is 3. The smallest absolute Gasteiger partial charge is 0.490 e. The van der Waals surface area contributed by atoms with Crippen molar-refractivity contribution >= 4 is 55.6 Å². The van der Waals surface area contributed by atoms with Crippen LogP contribution in [-0.2, 0) is 24.2 Å². The number of rotatable bonds is 12. The number of alkyl halides is 3. The number of fused-ring (bicyclic) bond motifs is 1. The second-order valence-corrected chi connectivity index (χ2v) is 16.0. The normalized spacial score (nSPS) is 14.9. The van der Waals surface area contributed by atoms with E-state index in [-0.39, 0.29) is 22.8 Å². The van der Waals surface area contributed by atoms with E-state index in [4.69, 9.17) is 25.1 Å². The number of ether oxygens (including phenoxy) is 2. The predicted octanol–water partition coefficient (Wildman–Crippen LogP) is 7.29. The van der Waals surface area contributed by atoms with Gasteiger partial charge in [0.05, 0.1) is 28.9 Å². The molecule has 13 nitrogen and oxygen atoms in total. The third-order valence-electron chi connectivity index (χ3n) is 8.71. The second-order valence-electron chi connectivity index (χ2n) is 13.5. The molecule has 1 aromatic heterocycles. The minimum absolute atomic E-state index is 0.0879. The second kappa shape index (κ2) is 17.9. The molecule has 3 aromatic carbocycles. The summed E-state index contributed by atoms with van der Waals surface area (Å²) in [6.45, 7) is 11.2. The molecular weight excluding hydrogens is 756 g/mol. The van der Waals surface area contributed by atoms with Crippen LogP contribution in [0.2, 0.25) is 0 Å². The predicted molar refractivity (Wildman–Crippen MR) is 206 cm³/mol. The number of amides is 2. The molecule has 5 N–H and O–H groups in total. The number of pyridine rings is 1. The first-order chi connectivity index (χ1) is 26.2. The fraction of sp³-hybridized carbons (Fsp3) is 0.385. The molecule has 17 heteroatoms. The number of sulfone groups is 1. The van der Waals surface area contributed by atoms with Gasteiger partial charge in [0.1, 0.15) is 11.9 Å². The fourth-order valence-electron chi connectivity index (χ4n) is 6.19. The van der Waals surface area contributed by atoms with E-state index in [1.165, 1.54) is 13.0 Å². The van der Waals surface area contributed by atoms with Gasteiger partial charge >= 0.3 is 12.1 Å². The summed E-state index contributed by atoms with van der Waals surface area (Å²) >= 11 is 0. The van der Waals surface area contributed by atoms with Crippen molar-refractivity contribution in [2.24, 2.45) is 0 Å². The molecule has 302 valence electrons. The molecule has 0 spiro atoms. The highest BCUT2D eigenvalue weighted by atomic mass is 32.2. The molecule has 1 fully saturated rings. The molecule has 4 aromatic rings. The van der Waals surface area contributed by atoms with Crippen LogP contribution in [0, 0.1) is 0 Å². The summed E-state index contributed by atoms with van der Waals surface area (Å²) in [5, 5.41) is 14.3. The topological polar surface area (TPSA) is 190 Å². The van der Waals surface area contributed by atoms with Crippen molar-refractivity contribution in [2.75, 3.05) is 29.5 Å². The van der Waals surface area contributed by atoms with Gasteiger partial charge in [0.25, 0.3) is 0 Å². The number of aliphatic carboxylic acids is 1. The number of hydrogen-bond acceptors (Lipinski definition) is 10. The molecule has 0 saturated carbocycles. The summed E-state index contributed by atoms with van der Waals surface area (Å²) in [5.74, 6) is -1.79. The Bertz CT molecular complexity index is 2180. The van der Waals surface area contributed by atoms with Gasteiger partial charge in [-0.05, 0) is 119 Å². The maximum atomic E-state index is 14.9. The Labute approximate surface area is 323 Å². The summed E-state index contributed by atoms with van der Waals surface area (Å²) < 4.78 is 70.9. The van der Waals surface area contributed by atoms with Crippen LogP contribution in [0.25, 0.3) is 10.8 Å². The average molecular weight is 802 g/mol. The van der Waals surface area contributed by atoms with Gasteiger partial charge in [-0.25, -0.2) is 18.2 Å². The van der Waals surface area contributed by atoms with Gasteiger partial charge in [0, 0.05) is 36.4 Å². The largest absolute Gasteiger partial charge is 0.490 e. The standard InChI is InChI=1S/C37H45N5O6S.C2HF3O2/c1-7-47-33-20-26(10-14-32(33)48-22(2)3)35(41-27-11-13-29-25(19-27)16-17-39-36(29)38)37(44)42-18-8-9-31(42)30-21-28(40-24(6)43)12-15-34(30)49(45,46)23(4)5;3-2(4,5)1(6)7/h10-17,19-23,31,35,41H,7-9,18H2,1-6H3,(H2,38,39)(H,40,43);(H,6,7)/t31-,35+;/m0./s1. The van der Waals surface area contributed by atoms with Gasteiger partial charge in [-0.15, -0.1) is 0 Å². The molecule has 2 heterocycles. The van der Waals surface area contributed by atoms with Crippen LogP contribution >= 0.6 is 0 Å². The quantitative estimate of drug-likeness (QED) is 0.113. The molecule has 2 atom stereocenters. The van der Waals surface area contributed by atoms with Crippen molar-refractivity contribution < 1.29 is 50.6 Å². The Morgan fingerprint density at radius 3 is 2.29 bits per heavy atom. The molecule has 1 aliphatic heterocycles. The lowest BCUT2D eigenvalue weighted by atomic mass is 10.00. The number of nitrogens with two attached hydrogens (primary N) is 1. The lowest BCUT2D eigenvalue weighted by Crippen LogP contribution is -2.38. The van der Waals surface area contributed by atoms with Crippen LogP contribution in [0.3, 0.4) is 0 Å². The van der Waals surface area contributed by atoms with E-state index in [0.29, 0.717) is 65.8 Å². The summed E-state index contributed by atoms with van der Waals surface area (Å²) in [6, 6.07) is 16.3. The molecular formula is C39H46F3N5O8S. The minimum atomic E-state index is -5.08.